The van der Waals surface area contributed by atoms with Gasteiger partial charge in [0.05, 0.1) is 30.2 Å². The van der Waals surface area contributed by atoms with Crippen LogP contribution >= 0.6 is 0 Å². The lowest BCUT2D eigenvalue weighted by Gasteiger charge is -2.27. The second-order valence-corrected chi connectivity index (χ2v) is 7.44. The summed E-state index contributed by atoms with van der Waals surface area (Å²) in [6, 6.07) is 9.59. The van der Waals surface area contributed by atoms with Gasteiger partial charge in [-0.15, -0.1) is 0 Å². The molecule has 150 valence electrons. The lowest BCUT2D eigenvalue weighted by molar-refractivity contribution is 0.0267. The minimum absolute atomic E-state index is 0.136. The highest BCUT2D eigenvalue weighted by Gasteiger charge is 2.18. The Hall–Kier alpha value is -2.58. The Morgan fingerprint density at radius 2 is 2.00 bits per heavy atom. The zero-order valence-electron chi connectivity index (χ0n) is 16.6. The second kappa shape index (κ2) is 9.07. The van der Waals surface area contributed by atoms with Crippen molar-refractivity contribution in [1.82, 2.24) is 9.97 Å². The van der Waals surface area contributed by atoms with Crippen LogP contribution in [0.25, 0.3) is 0 Å². The van der Waals surface area contributed by atoms with Crippen molar-refractivity contribution in [2.75, 3.05) is 37.8 Å². The molecule has 8 heteroatoms. The standard InChI is InChI=1S/C20H27N5O3/c1-15-5-4-6-16(11-15)24-21-13-17-12-18(28-14-20(2,3)26)23-19(22-17)25-7-9-27-10-8-25/h4-6,11-12,26H,7-10,13-14H2,1-3H3. The van der Waals surface area contributed by atoms with Gasteiger partial charge in [-0.3, -0.25) is 0 Å². The van der Waals surface area contributed by atoms with Gasteiger partial charge in [0.25, 0.3) is 0 Å². The molecule has 0 aliphatic carbocycles. The fourth-order valence-corrected chi connectivity index (χ4v) is 2.65. The van der Waals surface area contributed by atoms with E-state index >= 15 is 0 Å². The van der Waals surface area contributed by atoms with Crippen LogP contribution in [0.15, 0.2) is 40.6 Å². The number of aromatic nitrogens is 2. The summed E-state index contributed by atoms with van der Waals surface area (Å²) < 4.78 is 11.1. The fourth-order valence-electron chi connectivity index (χ4n) is 2.65. The molecule has 1 saturated heterocycles. The highest BCUT2D eigenvalue weighted by molar-refractivity contribution is 5.39. The Morgan fingerprint density at radius 3 is 2.71 bits per heavy atom. The van der Waals surface area contributed by atoms with Crippen LogP contribution in [0.4, 0.5) is 11.6 Å². The van der Waals surface area contributed by atoms with Crippen molar-refractivity contribution in [3.05, 3.63) is 41.6 Å². The monoisotopic (exact) mass is 385 g/mol. The van der Waals surface area contributed by atoms with Crippen molar-refractivity contribution < 1.29 is 14.6 Å². The van der Waals surface area contributed by atoms with Crippen LogP contribution in [0.1, 0.15) is 25.1 Å². The zero-order valence-corrected chi connectivity index (χ0v) is 16.6. The van der Waals surface area contributed by atoms with Crippen LogP contribution in [0, 0.1) is 6.92 Å². The third-order valence-electron chi connectivity index (χ3n) is 4.03. The molecule has 0 spiro atoms. The minimum atomic E-state index is -0.949. The lowest BCUT2D eigenvalue weighted by atomic mass is 10.2. The van der Waals surface area contributed by atoms with Gasteiger partial charge in [-0.05, 0) is 38.5 Å². The summed E-state index contributed by atoms with van der Waals surface area (Å²) in [5.41, 5.74) is 1.70. The van der Waals surface area contributed by atoms with Crippen molar-refractivity contribution >= 4 is 11.6 Å². The predicted molar refractivity (Wildman–Crippen MR) is 106 cm³/mol. The molecule has 1 aromatic carbocycles. The Balaban J connectivity index is 1.77. The van der Waals surface area contributed by atoms with Gasteiger partial charge >= 0.3 is 0 Å². The number of azo groups is 1. The van der Waals surface area contributed by atoms with E-state index in [0.29, 0.717) is 37.3 Å². The second-order valence-electron chi connectivity index (χ2n) is 7.44. The molecule has 1 N–H and O–H groups in total. The number of morpholine rings is 1. The largest absolute Gasteiger partial charge is 0.474 e. The van der Waals surface area contributed by atoms with Crippen LogP contribution in [0.2, 0.25) is 0 Å². The topological polar surface area (TPSA) is 92.4 Å². The molecular weight excluding hydrogens is 358 g/mol. The molecule has 1 fully saturated rings. The van der Waals surface area contributed by atoms with E-state index in [0.717, 1.165) is 24.3 Å². The van der Waals surface area contributed by atoms with Gasteiger partial charge < -0.3 is 19.5 Å². The number of aliphatic hydroxyl groups is 1. The van der Waals surface area contributed by atoms with Crippen LogP contribution in [0.3, 0.4) is 0 Å². The first-order valence-electron chi connectivity index (χ1n) is 9.39. The fraction of sp³-hybridized carbons (Fsp3) is 0.500. The first-order chi connectivity index (χ1) is 13.4. The quantitative estimate of drug-likeness (QED) is 0.737. The Labute approximate surface area is 165 Å². The van der Waals surface area contributed by atoms with Crippen molar-refractivity contribution in [2.45, 2.75) is 32.9 Å². The number of aryl methyl sites for hydroxylation is 1. The van der Waals surface area contributed by atoms with Crippen LogP contribution in [-0.2, 0) is 11.3 Å². The molecule has 0 amide bonds. The number of benzene rings is 1. The summed E-state index contributed by atoms with van der Waals surface area (Å²) in [5, 5.41) is 18.5. The van der Waals surface area contributed by atoms with E-state index in [1.165, 1.54) is 0 Å². The average molecular weight is 385 g/mol. The summed E-state index contributed by atoms with van der Waals surface area (Å²) >= 11 is 0. The number of hydrogen-bond acceptors (Lipinski definition) is 8. The van der Waals surface area contributed by atoms with E-state index in [-0.39, 0.29) is 6.61 Å². The maximum Gasteiger partial charge on any atom is 0.229 e. The van der Waals surface area contributed by atoms with E-state index in [4.69, 9.17) is 9.47 Å². The van der Waals surface area contributed by atoms with Crippen molar-refractivity contribution in [3.8, 4) is 5.88 Å². The maximum absolute atomic E-state index is 9.93. The molecule has 2 heterocycles. The Morgan fingerprint density at radius 1 is 1.21 bits per heavy atom. The maximum atomic E-state index is 9.93. The summed E-state index contributed by atoms with van der Waals surface area (Å²) in [6.07, 6.45) is 0. The smallest absolute Gasteiger partial charge is 0.229 e. The SMILES string of the molecule is Cc1cccc(N=NCc2cc(OCC(C)(C)O)nc(N3CCOCC3)n2)c1. The van der Waals surface area contributed by atoms with E-state index in [1.807, 2.05) is 31.2 Å². The van der Waals surface area contributed by atoms with Crippen molar-refractivity contribution in [3.63, 3.8) is 0 Å². The molecule has 28 heavy (non-hydrogen) atoms. The van der Waals surface area contributed by atoms with E-state index in [9.17, 15) is 5.11 Å². The Kier molecular flexibility index (Phi) is 6.53. The third kappa shape index (κ3) is 6.24. The highest BCUT2D eigenvalue weighted by atomic mass is 16.5. The van der Waals surface area contributed by atoms with Gasteiger partial charge in [0.2, 0.25) is 11.8 Å². The molecule has 0 atom stereocenters. The number of anilines is 1. The summed E-state index contributed by atoms with van der Waals surface area (Å²) in [7, 11) is 0. The molecule has 0 bridgehead atoms. The number of ether oxygens (including phenoxy) is 2. The minimum Gasteiger partial charge on any atom is -0.474 e. The van der Waals surface area contributed by atoms with Gasteiger partial charge in [0.15, 0.2) is 0 Å². The van der Waals surface area contributed by atoms with Gasteiger partial charge in [-0.1, -0.05) is 12.1 Å². The molecule has 0 radical (unpaired) electrons. The van der Waals surface area contributed by atoms with Gasteiger partial charge in [0.1, 0.15) is 13.2 Å². The molecule has 0 saturated carbocycles. The summed E-state index contributed by atoms with van der Waals surface area (Å²) in [4.78, 5) is 11.2. The first kappa shape index (κ1) is 20.2. The average Bonchev–Trinajstić information content (AvgIpc) is 2.67. The lowest BCUT2D eigenvalue weighted by Crippen LogP contribution is -2.37. The van der Waals surface area contributed by atoms with E-state index in [2.05, 4.69) is 25.1 Å². The van der Waals surface area contributed by atoms with Crippen LogP contribution < -0.4 is 9.64 Å². The molecule has 0 unspecified atom stereocenters. The number of hydrogen-bond donors (Lipinski definition) is 1. The molecule has 1 aliphatic heterocycles. The summed E-state index contributed by atoms with van der Waals surface area (Å²) in [6.45, 7) is 8.56. The van der Waals surface area contributed by atoms with E-state index in [1.54, 1.807) is 19.9 Å². The summed E-state index contributed by atoms with van der Waals surface area (Å²) in [5.74, 6) is 0.997. The first-order valence-corrected chi connectivity index (χ1v) is 9.39. The number of rotatable bonds is 7. The van der Waals surface area contributed by atoms with Crippen molar-refractivity contribution in [1.29, 1.82) is 0 Å². The molecule has 3 rings (SSSR count). The molecule has 1 aliphatic rings. The van der Waals surface area contributed by atoms with Gasteiger partial charge in [-0.2, -0.15) is 15.2 Å². The zero-order chi connectivity index (χ0) is 20.0. The van der Waals surface area contributed by atoms with Crippen LogP contribution in [-0.4, -0.2) is 53.6 Å². The van der Waals surface area contributed by atoms with Gasteiger partial charge in [-0.25, -0.2) is 4.98 Å². The number of nitrogens with zero attached hydrogens (tertiary/aromatic N) is 5. The van der Waals surface area contributed by atoms with Crippen LogP contribution in [0.5, 0.6) is 5.88 Å². The predicted octanol–water partition coefficient (Wildman–Crippen LogP) is 3.06. The third-order valence-corrected chi connectivity index (χ3v) is 4.03. The molecular formula is C20H27N5O3. The Bertz CT molecular complexity index is 814. The van der Waals surface area contributed by atoms with E-state index < -0.39 is 5.60 Å². The molecule has 8 nitrogen and oxygen atoms in total. The molecule has 1 aromatic heterocycles. The highest BCUT2D eigenvalue weighted by Crippen LogP contribution is 2.20. The molecule has 2 aromatic rings. The normalized spacial score (nSPS) is 15.2. The van der Waals surface area contributed by atoms with Crippen molar-refractivity contribution in [2.24, 2.45) is 10.2 Å². The van der Waals surface area contributed by atoms with Gasteiger partial charge in [0, 0.05) is 19.2 Å².